The van der Waals surface area contributed by atoms with E-state index in [1.54, 1.807) is 0 Å². The van der Waals surface area contributed by atoms with Gasteiger partial charge in [0.05, 0.1) is 0 Å². The maximum Gasteiger partial charge on any atom is 0.223 e. The fourth-order valence-corrected chi connectivity index (χ4v) is 3.36. The first-order valence-electron chi connectivity index (χ1n) is 6.52. The Bertz CT molecular complexity index is 307. The van der Waals surface area contributed by atoms with E-state index in [9.17, 15) is 4.79 Å². The largest absolute Gasteiger partial charge is 0.353 e. The van der Waals surface area contributed by atoms with Crippen molar-refractivity contribution in [2.24, 2.45) is 17.8 Å². The molecule has 0 aromatic carbocycles. The SMILES string of the molecule is O=C(NC1CCNCC1)C1CC2C=CC1C2. The van der Waals surface area contributed by atoms with Crippen molar-refractivity contribution < 1.29 is 4.79 Å². The molecule has 2 bridgehead atoms. The number of hydrogen-bond donors (Lipinski definition) is 2. The lowest BCUT2D eigenvalue weighted by molar-refractivity contribution is -0.126. The van der Waals surface area contributed by atoms with E-state index in [1.807, 2.05) is 0 Å². The van der Waals surface area contributed by atoms with E-state index >= 15 is 0 Å². The quantitative estimate of drug-likeness (QED) is 0.683. The summed E-state index contributed by atoms with van der Waals surface area (Å²) >= 11 is 0. The van der Waals surface area contributed by atoms with Crippen LogP contribution in [0.4, 0.5) is 0 Å². The number of rotatable bonds is 2. The van der Waals surface area contributed by atoms with Crippen LogP contribution in [0.2, 0.25) is 0 Å². The molecule has 3 aliphatic rings. The minimum Gasteiger partial charge on any atom is -0.353 e. The third-order valence-electron chi connectivity index (χ3n) is 4.30. The van der Waals surface area contributed by atoms with Crippen molar-refractivity contribution in [3.8, 4) is 0 Å². The molecule has 2 fully saturated rings. The van der Waals surface area contributed by atoms with Crippen LogP contribution < -0.4 is 10.6 Å². The van der Waals surface area contributed by atoms with E-state index in [4.69, 9.17) is 0 Å². The summed E-state index contributed by atoms with van der Waals surface area (Å²) in [4.78, 5) is 12.1. The Balaban J connectivity index is 1.55. The summed E-state index contributed by atoms with van der Waals surface area (Å²) in [6.45, 7) is 2.09. The van der Waals surface area contributed by atoms with Gasteiger partial charge < -0.3 is 10.6 Å². The fourth-order valence-electron chi connectivity index (χ4n) is 3.36. The van der Waals surface area contributed by atoms with E-state index in [0.717, 1.165) is 32.4 Å². The zero-order valence-corrected chi connectivity index (χ0v) is 9.61. The molecule has 0 radical (unpaired) electrons. The maximum atomic E-state index is 12.1. The van der Waals surface area contributed by atoms with Crippen LogP contribution in [-0.4, -0.2) is 25.0 Å². The molecule has 3 unspecified atom stereocenters. The molecule has 3 rings (SSSR count). The Morgan fingerprint density at radius 1 is 1.19 bits per heavy atom. The van der Waals surface area contributed by atoms with Crippen molar-refractivity contribution in [2.75, 3.05) is 13.1 Å². The first kappa shape index (κ1) is 10.3. The van der Waals surface area contributed by atoms with Gasteiger partial charge in [-0.05, 0) is 50.6 Å². The lowest BCUT2D eigenvalue weighted by Gasteiger charge is -2.26. The number of allylic oxidation sites excluding steroid dienone is 2. The molecule has 3 nitrogen and oxygen atoms in total. The average Bonchev–Trinajstić information content (AvgIpc) is 2.92. The van der Waals surface area contributed by atoms with Gasteiger partial charge in [0.15, 0.2) is 0 Å². The Labute approximate surface area is 96.7 Å². The molecule has 0 spiro atoms. The minimum atomic E-state index is 0.268. The zero-order chi connectivity index (χ0) is 11.0. The van der Waals surface area contributed by atoms with Crippen LogP contribution in [0.5, 0.6) is 0 Å². The van der Waals surface area contributed by atoms with Crippen molar-refractivity contribution in [2.45, 2.75) is 31.7 Å². The van der Waals surface area contributed by atoms with Crippen LogP contribution in [0.15, 0.2) is 12.2 Å². The van der Waals surface area contributed by atoms with E-state index in [1.165, 1.54) is 6.42 Å². The lowest BCUT2D eigenvalue weighted by atomic mass is 9.92. The van der Waals surface area contributed by atoms with Gasteiger partial charge in [-0.15, -0.1) is 0 Å². The summed E-state index contributed by atoms with van der Waals surface area (Å²) in [5.74, 6) is 1.80. The summed E-state index contributed by atoms with van der Waals surface area (Å²) in [5.41, 5.74) is 0. The third kappa shape index (κ3) is 1.88. The fraction of sp³-hybridized carbons (Fsp3) is 0.769. The number of nitrogens with one attached hydrogen (secondary N) is 2. The molecule has 2 N–H and O–H groups in total. The highest BCUT2D eigenvalue weighted by molar-refractivity contribution is 5.80. The zero-order valence-electron chi connectivity index (χ0n) is 9.61. The monoisotopic (exact) mass is 220 g/mol. The summed E-state index contributed by atoms with van der Waals surface area (Å²) in [6.07, 6.45) is 9.01. The topological polar surface area (TPSA) is 41.1 Å². The Kier molecular flexibility index (Phi) is 2.72. The molecule has 88 valence electrons. The molecule has 1 saturated carbocycles. The standard InChI is InChI=1S/C13H20N2O/c16-13(15-11-3-5-14-6-4-11)12-8-9-1-2-10(12)7-9/h1-2,9-12,14H,3-8H2,(H,15,16). The van der Waals surface area contributed by atoms with Gasteiger partial charge in [-0.3, -0.25) is 4.79 Å². The second-order valence-electron chi connectivity index (χ2n) is 5.42. The van der Waals surface area contributed by atoms with Crippen molar-refractivity contribution in [1.82, 2.24) is 10.6 Å². The van der Waals surface area contributed by atoms with Crippen LogP contribution in [0, 0.1) is 17.8 Å². The van der Waals surface area contributed by atoms with Crippen molar-refractivity contribution >= 4 is 5.91 Å². The first-order valence-corrected chi connectivity index (χ1v) is 6.52. The maximum absolute atomic E-state index is 12.1. The van der Waals surface area contributed by atoms with Crippen LogP contribution in [-0.2, 0) is 4.79 Å². The van der Waals surface area contributed by atoms with Gasteiger partial charge in [-0.2, -0.15) is 0 Å². The van der Waals surface area contributed by atoms with E-state index in [2.05, 4.69) is 22.8 Å². The van der Waals surface area contributed by atoms with Gasteiger partial charge >= 0.3 is 0 Å². The predicted molar refractivity (Wildman–Crippen MR) is 62.9 cm³/mol. The smallest absolute Gasteiger partial charge is 0.223 e. The first-order chi connectivity index (χ1) is 7.83. The van der Waals surface area contributed by atoms with Gasteiger partial charge in [-0.25, -0.2) is 0 Å². The van der Waals surface area contributed by atoms with Gasteiger partial charge in [0.2, 0.25) is 5.91 Å². The molecule has 0 aromatic rings. The summed E-state index contributed by atoms with van der Waals surface area (Å²) in [6, 6.07) is 0.414. The molecule has 16 heavy (non-hydrogen) atoms. The molecular formula is C13H20N2O. The summed E-state index contributed by atoms with van der Waals surface area (Å²) in [7, 11) is 0. The Morgan fingerprint density at radius 3 is 2.62 bits per heavy atom. The highest BCUT2D eigenvalue weighted by atomic mass is 16.2. The van der Waals surface area contributed by atoms with Gasteiger partial charge in [0, 0.05) is 12.0 Å². The Hall–Kier alpha value is -0.830. The number of hydrogen-bond acceptors (Lipinski definition) is 2. The molecular weight excluding hydrogens is 200 g/mol. The minimum absolute atomic E-state index is 0.268. The van der Waals surface area contributed by atoms with Crippen LogP contribution >= 0.6 is 0 Å². The molecule has 3 atom stereocenters. The normalized spacial score (nSPS) is 37.9. The average molecular weight is 220 g/mol. The molecule has 1 amide bonds. The summed E-state index contributed by atoms with van der Waals surface area (Å²) in [5, 5.41) is 6.55. The van der Waals surface area contributed by atoms with Crippen molar-refractivity contribution in [3.05, 3.63) is 12.2 Å². The highest BCUT2D eigenvalue weighted by Crippen LogP contribution is 2.43. The van der Waals surface area contributed by atoms with Crippen molar-refractivity contribution in [1.29, 1.82) is 0 Å². The van der Waals surface area contributed by atoms with E-state index < -0.39 is 0 Å². The molecule has 3 heteroatoms. The Morgan fingerprint density at radius 2 is 2.00 bits per heavy atom. The predicted octanol–water partition coefficient (Wildman–Crippen LogP) is 1.07. The molecule has 2 aliphatic carbocycles. The number of fused-ring (bicyclic) bond motifs is 2. The third-order valence-corrected chi connectivity index (χ3v) is 4.30. The number of piperidine rings is 1. The van der Waals surface area contributed by atoms with Crippen LogP contribution in [0.3, 0.4) is 0 Å². The molecule has 1 aliphatic heterocycles. The van der Waals surface area contributed by atoms with Gasteiger partial charge in [-0.1, -0.05) is 12.2 Å². The molecule has 1 heterocycles. The molecule has 1 saturated heterocycles. The number of amides is 1. The van der Waals surface area contributed by atoms with Crippen LogP contribution in [0.25, 0.3) is 0 Å². The second-order valence-corrected chi connectivity index (χ2v) is 5.42. The van der Waals surface area contributed by atoms with E-state index in [-0.39, 0.29) is 5.92 Å². The van der Waals surface area contributed by atoms with Gasteiger partial charge in [0.1, 0.15) is 0 Å². The summed E-state index contributed by atoms with van der Waals surface area (Å²) < 4.78 is 0. The van der Waals surface area contributed by atoms with Crippen molar-refractivity contribution in [3.63, 3.8) is 0 Å². The second kappa shape index (κ2) is 4.21. The van der Waals surface area contributed by atoms with Gasteiger partial charge in [0.25, 0.3) is 0 Å². The molecule has 0 aromatic heterocycles. The number of carbonyl (C=O) groups is 1. The lowest BCUT2D eigenvalue weighted by Crippen LogP contribution is -2.45. The van der Waals surface area contributed by atoms with Crippen LogP contribution in [0.1, 0.15) is 25.7 Å². The van der Waals surface area contributed by atoms with E-state index in [0.29, 0.717) is 23.8 Å². The highest BCUT2D eigenvalue weighted by Gasteiger charge is 2.40. The number of carbonyl (C=O) groups excluding carboxylic acids is 1.